The summed E-state index contributed by atoms with van der Waals surface area (Å²) in [6.45, 7) is 2.63. The van der Waals surface area contributed by atoms with Crippen LogP contribution in [0.3, 0.4) is 0 Å². The lowest BCUT2D eigenvalue weighted by molar-refractivity contribution is 0.110. The van der Waals surface area contributed by atoms with Crippen molar-refractivity contribution < 1.29 is 14.6 Å². The first-order valence-corrected chi connectivity index (χ1v) is 14.8. The molecule has 0 radical (unpaired) electrons. The third-order valence-corrected chi connectivity index (χ3v) is 7.36. The molecule has 1 atom stereocenters. The number of H-pyrrole nitrogens is 1. The molecule has 0 spiro atoms. The standard InChI is InChI=1S/C33H33N9O4/c1-21-8-5-13-25-27(21)32(44)42(24-12-6-11-23(16-24)39-33(45)34-14-7-15-43)31(41-25)26(18-46-17-22-9-3-2-4-10-22)40-30-28-29(36-19-35-28)37-20-38-30/h2-6,8-13,16,19-20,26,43H,7,14-15,17-18H2,1H3,(H2,34,39,45)(H2,35,36,37,38,40)/t26-/m0/s1. The molecule has 0 unspecified atom stereocenters. The number of aromatic amines is 1. The largest absolute Gasteiger partial charge is 0.396 e. The van der Waals surface area contributed by atoms with Crippen molar-refractivity contribution in [3.63, 3.8) is 0 Å². The van der Waals surface area contributed by atoms with E-state index < -0.39 is 12.1 Å². The van der Waals surface area contributed by atoms with Crippen LogP contribution in [-0.2, 0) is 11.3 Å². The Hall–Kier alpha value is -5.66. The lowest BCUT2D eigenvalue weighted by atomic mass is 10.1. The van der Waals surface area contributed by atoms with E-state index in [1.807, 2.05) is 55.5 Å². The number of hydrogen-bond donors (Lipinski definition) is 5. The van der Waals surface area contributed by atoms with Gasteiger partial charge < -0.3 is 30.8 Å². The highest BCUT2D eigenvalue weighted by molar-refractivity contribution is 5.89. The van der Waals surface area contributed by atoms with Crippen LogP contribution in [-0.4, -0.2) is 60.4 Å². The predicted octanol–water partition coefficient (Wildman–Crippen LogP) is 4.23. The molecule has 13 nitrogen and oxygen atoms in total. The zero-order chi connectivity index (χ0) is 31.9. The van der Waals surface area contributed by atoms with E-state index in [1.165, 1.54) is 12.7 Å². The Morgan fingerprint density at radius 3 is 2.74 bits per heavy atom. The van der Waals surface area contributed by atoms with Gasteiger partial charge in [-0.3, -0.25) is 9.36 Å². The number of carbonyl (C=O) groups is 1. The van der Waals surface area contributed by atoms with Crippen LogP contribution in [0.15, 0.2) is 90.2 Å². The van der Waals surface area contributed by atoms with Crippen LogP contribution in [0, 0.1) is 6.92 Å². The number of anilines is 2. The van der Waals surface area contributed by atoms with E-state index in [9.17, 15) is 9.59 Å². The van der Waals surface area contributed by atoms with Crippen LogP contribution in [0.4, 0.5) is 16.3 Å². The van der Waals surface area contributed by atoms with E-state index in [1.54, 1.807) is 28.8 Å². The summed E-state index contributed by atoms with van der Waals surface area (Å²) in [7, 11) is 0. The third kappa shape index (κ3) is 6.70. The minimum Gasteiger partial charge on any atom is -0.396 e. The number of imidazole rings is 1. The summed E-state index contributed by atoms with van der Waals surface area (Å²) in [4.78, 5) is 47.9. The summed E-state index contributed by atoms with van der Waals surface area (Å²) >= 11 is 0. The number of fused-ring (bicyclic) bond motifs is 2. The Morgan fingerprint density at radius 1 is 1.04 bits per heavy atom. The molecule has 2 amide bonds. The number of urea groups is 1. The van der Waals surface area contributed by atoms with Crippen molar-refractivity contribution >= 4 is 39.6 Å². The van der Waals surface area contributed by atoms with Gasteiger partial charge in [0.15, 0.2) is 11.5 Å². The van der Waals surface area contributed by atoms with Gasteiger partial charge in [-0.05, 0) is 48.7 Å². The first-order chi connectivity index (χ1) is 22.5. The highest BCUT2D eigenvalue weighted by Gasteiger charge is 2.24. The van der Waals surface area contributed by atoms with E-state index >= 15 is 0 Å². The highest BCUT2D eigenvalue weighted by atomic mass is 16.5. The van der Waals surface area contributed by atoms with Crippen molar-refractivity contribution in [2.45, 2.75) is 26.0 Å². The molecule has 6 aromatic rings. The van der Waals surface area contributed by atoms with Crippen LogP contribution in [0.1, 0.15) is 29.4 Å². The molecule has 234 valence electrons. The fraction of sp³-hybridized carbons (Fsp3) is 0.212. The number of rotatable bonds is 12. The van der Waals surface area contributed by atoms with Gasteiger partial charge in [-0.2, -0.15) is 0 Å². The zero-order valence-electron chi connectivity index (χ0n) is 25.1. The molecule has 0 aliphatic carbocycles. The average Bonchev–Trinajstić information content (AvgIpc) is 3.55. The number of aliphatic hydroxyl groups is 1. The van der Waals surface area contributed by atoms with Crippen molar-refractivity contribution in [2.24, 2.45) is 0 Å². The molecule has 46 heavy (non-hydrogen) atoms. The number of nitrogens with one attached hydrogen (secondary N) is 4. The number of aryl methyl sites for hydroxylation is 1. The molecule has 0 saturated heterocycles. The number of amides is 2. The van der Waals surface area contributed by atoms with E-state index in [0.717, 1.165) is 11.1 Å². The van der Waals surface area contributed by atoms with Gasteiger partial charge in [0.25, 0.3) is 5.56 Å². The van der Waals surface area contributed by atoms with Gasteiger partial charge in [0.05, 0.1) is 36.1 Å². The second-order valence-electron chi connectivity index (χ2n) is 10.6. The number of benzene rings is 3. The average molecular weight is 620 g/mol. The number of aliphatic hydroxyl groups excluding tert-OH is 1. The normalized spacial score (nSPS) is 11.9. The summed E-state index contributed by atoms with van der Waals surface area (Å²) in [5, 5.41) is 18.5. The number of hydrogen-bond acceptors (Lipinski definition) is 9. The summed E-state index contributed by atoms with van der Waals surface area (Å²) in [6.07, 6.45) is 3.39. The SMILES string of the molecule is Cc1cccc2nc([C@H](COCc3ccccc3)Nc3ncnc4nc[nH]c34)n(-c3cccc(NC(=O)NCCCO)c3)c(=O)c12. The van der Waals surface area contributed by atoms with Gasteiger partial charge in [0.2, 0.25) is 0 Å². The summed E-state index contributed by atoms with van der Waals surface area (Å²) in [6, 6.07) is 21.2. The van der Waals surface area contributed by atoms with Crippen LogP contribution in [0.2, 0.25) is 0 Å². The van der Waals surface area contributed by atoms with Crippen molar-refractivity contribution in [3.8, 4) is 5.69 Å². The highest BCUT2D eigenvalue weighted by Crippen LogP contribution is 2.26. The van der Waals surface area contributed by atoms with Crippen molar-refractivity contribution in [3.05, 3.63) is 113 Å². The van der Waals surface area contributed by atoms with Crippen LogP contribution in [0.25, 0.3) is 27.8 Å². The Bertz CT molecular complexity index is 2030. The van der Waals surface area contributed by atoms with Gasteiger partial charge in [-0.15, -0.1) is 0 Å². The Kier molecular flexibility index (Phi) is 9.22. The second-order valence-corrected chi connectivity index (χ2v) is 10.6. The minimum absolute atomic E-state index is 0.0268. The molecule has 6 rings (SSSR count). The van der Waals surface area contributed by atoms with E-state index in [4.69, 9.17) is 14.8 Å². The molecule has 0 saturated carbocycles. The maximum absolute atomic E-state index is 14.4. The van der Waals surface area contributed by atoms with Crippen molar-refractivity contribution in [2.75, 3.05) is 30.4 Å². The van der Waals surface area contributed by atoms with Crippen LogP contribution < -0.4 is 21.5 Å². The maximum atomic E-state index is 14.4. The van der Waals surface area contributed by atoms with Crippen LogP contribution >= 0.6 is 0 Å². The molecular weight excluding hydrogens is 586 g/mol. The van der Waals surface area contributed by atoms with Gasteiger partial charge in [0, 0.05) is 18.8 Å². The first-order valence-electron chi connectivity index (χ1n) is 14.8. The topological polar surface area (TPSA) is 172 Å². The molecule has 0 bridgehead atoms. The number of aromatic nitrogens is 6. The first kappa shape index (κ1) is 30.4. The molecule has 0 fully saturated rings. The molecule has 5 N–H and O–H groups in total. The third-order valence-electron chi connectivity index (χ3n) is 7.36. The van der Waals surface area contributed by atoms with E-state index in [-0.39, 0.29) is 18.8 Å². The summed E-state index contributed by atoms with van der Waals surface area (Å²) in [5.74, 6) is 0.850. The molecule has 3 aromatic carbocycles. The molecule has 3 heterocycles. The van der Waals surface area contributed by atoms with Crippen molar-refractivity contribution in [1.29, 1.82) is 0 Å². The Labute approximate surface area is 263 Å². The molecule has 3 aromatic heterocycles. The predicted molar refractivity (Wildman–Crippen MR) is 175 cm³/mol. The van der Waals surface area contributed by atoms with E-state index in [2.05, 4.69) is 35.9 Å². The lowest BCUT2D eigenvalue weighted by Crippen LogP contribution is -2.31. The second kappa shape index (κ2) is 14.0. The number of ether oxygens (including phenoxy) is 1. The minimum atomic E-state index is -0.666. The molecule has 13 heteroatoms. The lowest BCUT2D eigenvalue weighted by Gasteiger charge is -2.24. The number of nitrogens with zero attached hydrogens (tertiary/aromatic N) is 5. The van der Waals surface area contributed by atoms with Gasteiger partial charge >= 0.3 is 6.03 Å². The van der Waals surface area contributed by atoms with Crippen LogP contribution in [0.5, 0.6) is 0 Å². The zero-order valence-corrected chi connectivity index (χ0v) is 25.1. The molecule has 0 aliphatic rings. The monoisotopic (exact) mass is 619 g/mol. The Balaban J connectivity index is 1.45. The summed E-state index contributed by atoms with van der Waals surface area (Å²) < 4.78 is 7.76. The fourth-order valence-corrected chi connectivity index (χ4v) is 5.16. The molecular formula is C33H33N9O4. The summed E-state index contributed by atoms with van der Waals surface area (Å²) in [5.41, 5.74) is 4.10. The number of carbonyl (C=O) groups excluding carboxylic acids is 1. The molecule has 0 aliphatic heterocycles. The van der Waals surface area contributed by atoms with Gasteiger partial charge in [-0.25, -0.2) is 24.7 Å². The smallest absolute Gasteiger partial charge is 0.319 e. The maximum Gasteiger partial charge on any atom is 0.319 e. The van der Waals surface area contributed by atoms with E-state index in [0.29, 0.717) is 64.7 Å². The quantitative estimate of drug-likeness (QED) is 0.126. The van der Waals surface area contributed by atoms with Crippen molar-refractivity contribution in [1.82, 2.24) is 34.8 Å². The van der Waals surface area contributed by atoms with Gasteiger partial charge in [0.1, 0.15) is 23.7 Å². The fourth-order valence-electron chi connectivity index (χ4n) is 5.16. The van der Waals surface area contributed by atoms with Gasteiger partial charge in [-0.1, -0.05) is 48.5 Å². The Morgan fingerprint density at radius 2 is 1.89 bits per heavy atom.